The van der Waals surface area contributed by atoms with Gasteiger partial charge < -0.3 is 15.2 Å². The van der Waals surface area contributed by atoms with Gasteiger partial charge in [-0.05, 0) is 30.9 Å². The molecule has 2 aliphatic heterocycles. The van der Waals surface area contributed by atoms with Crippen LogP contribution in [0.3, 0.4) is 0 Å². The average Bonchev–Trinajstić information content (AvgIpc) is 2.92. The summed E-state index contributed by atoms with van der Waals surface area (Å²) in [5, 5.41) is 21.1. The molecule has 6 nitrogen and oxygen atoms in total. The second-order valence-electron chi connectivity index (χ2n) is 8.45. The standard InChI is InChI=1S/C24H22N4O2/c1-17-14-29-24(30-17)23(16-26)21(12-18-8-4-2-5-9-18,13-19-10-6-3-7-11-19)22(23,15-25)20(27)28-24/h2-11,17H,12-14H2,1H3,(H2,27,28)/t17-,22+,23-,24-/m1/s1. The summed E-state index contributed by atoms with van der Waals surface area (Å²) in [4.78, 5) is 4.47. The van der Waals surface area contributed by atoms with Gasteiger partial charge in [0.25, 0.3) is 5.91 Å². The Balaban J connectivity index is 1.73. The smallest absolute Gasteiger partial charge is 0.293 e. The summed E-state index contributed by atoms with van der Waals surface area (Å²) in [6.07, 6.45) is 0.735. The summed E-state index contributed by atoms with van der Waals surface area (Å²) in [5.74, 6) is -1.42. The van der Waals surface area contributed by atoms with Crippen molar-refractivity contribution in [2.75, 3.05) is 6.61 Å². The van der Waals surface area contributed by atoms with Crippen LogP contribution in [0.2, 0.25) is 0 Å². The zero-order valence-electron chi connectivity index (χ0n) is 16.7. The van der Waals surface area contributed by atoms with Crippen molar-refractivity contribution in [1.82, 2.24) is 0 Å². The predicted octanol–water partition coefficient (Wildman–Crippen LogP) is 2.95. The van der Waals surface area contributed by atoms with Crippen molar-refractivity contribution in [3.63, 3.8) is 0 Å². The van der Waals surface area contributed by atoms with E-state index in [0.29, 0.717) is 19.4 Å². The number of aliphatic imine (C=N–C) groups is 1. The van der Waals surface area contributed by atoms with Crippen LogP contribution in [0.15, 0.2) is 65.7 Å². The normalized spacial score (nSPS) is 35.3. The van der Waals surface area contributed by atoms with Crippen molar-refractivity contribution < 1.29 is 9.47 Å². The van der Waals surface area contributed by atoms with Crippen molar-refractivity contribution in [3.05, 3.63) is 71.8 Å². The Morgan fingerprint density at radius 1 is 1.00 bits per heavy atom. The summed E-state index contributed by atoms with van der Waals surface area (Å²) in [5.41, 5.74) is 5.03. The number of hydrogen-bond acceptors (Lipinski definition) is 6. The molecule has 2 fully saturated rings. The SMILES string of the molecule is C[C@@H]1CO[C@@]2(N=C(N)[C@@]3(C#N)C(Cc4ccccc4)(Cc4ccccc4)[C@@]23C#N)O1. The van der Waals surface area contributed by atoms with Crippen molar-refractivity contribution in [2.45, 2.75) is 31.8 Å². The Morgan fingerprint density at radius 3 is 2.00 bits per heavy atom. The van der Waals surface area contributed by atoms with E-state index in [-0.39, 0.29) is 11.9 Å². The van der Waals surface area contributed by atoms with Gasteiger partial charge >= 0.3 is 0 Å². The maximum absolute atomic E-state index is 10.6. The second-order valence-corrected chi connectivity index (χ2v) is 8.45. The van der Waals surface area contributed by atoms with Gasteiger partial charge in [0, 0.05) is 5.41 Å². The van der Waals surface area contributed by atoms with E-state index in [1.54, 1.807) is 0 Å². The van der Waals surface area contributed by atoms with Gasteiger partial charge in [-0.1, -0.05) is 60.7 Å². The molecule has 0 radical (unpaired) electrons. The number of amidine groups is 1. The van der Waals surface area contributed by atoms with E-state index in [2.05, 4.69) is 17.1 Å². The van der Waals surface area contributed by atoms with Crippen molar-refractivity contribution >= 4 is 5.84 Å². The van der Waals surface area contributed by atoms with Gasteiger partial charge in [-0.2, -0.15) is 10.5 Å². The van der Waals surface area contributed by atoms with Crippen LogP contribution in [0.1, 0.15) is 18.1 Å². The van der Waals surface area contributed by atoms with Crippen LogP contribution >= 0.6 is 0 Å². The lowest BCUT2D eigenvalue weighted by molar-refractivity contribution is -0.200. The highest BCUT2D eigenvalue weighted by Crippen LogP contribution is 2.87. The maximum atomic E-state index is 10.6. The maximum Gasteiger partial charge on any atom is 0.293 e. The van der Waals surface area contributed by atoms with E-state index in [9.17, 15) is 10.5 Å². The van der Waals surface area contributed by atoms with Crippen molar-refractivity contribution in [2.24, 2.45) is 27.0 Å². The quantitative estimate of drug-likeness (QED) is 0.853. The van der Waals surface area contributed by atoms with E-state index in [0.717, 1.165) is 11.1 Å². The van der Waals surface area contributed by atoms with Crippen LogP contribution in [0.5, 0.6) is 0 Å². The lowest BCUT2D eigenvalue weighted by atomic mass is 9.79. The Labute approximate surface area is 175 Å². The molecule has 5 rings (SSSR count). The minimum absolute atomic E-state index is 0.132. The van der Waals surface area contributed by atoms with Gasteiger partial charge in [-0.15, -0.1) is 0 Å². The monoisotopic (exact) mass is 398 g/mol. The van der Waals surface area contributed by atoms with E-state index in [4.69, 9.17) is 15.2 Å². The molecule has 0 unspecified atom stereocenters. The van der Waals surface area contributed by atoms with Crippen LogP contribution in [-0.4, -0.2) is 24.5 Å². The van der Waals surface area contributed by atoms with E-state index >= 15 is 0 Å². The number of ether oxygens (including phenoxy) is 2. The Bertz CT molecular complexity index is 1060. The minimum atomic E-state index is -1.55. The Morgan fingerprint density at radius 2 is 1.57 bits per heavy atom. The highest BCUT2D eigenvalue weighted by molar-refractivity contribution is 6.00. The first kappa shape index (κ1) is 18.8. The van der Waals surface area contributed by atoms with E-state index in [1.807, 2.05) is 67.6 Å². The van der Waals surface area contributed by atoms with Crippen molar-refractivity contribution in [3.8, 4) is 12.1 Å². The highest BCUT2D eigenvalue weighted by Gasteiger charge is 3.00. The third-order valence-corrected chi connectivity index (χ3v) is 6.97. The molecule has 2 N–H and O–H groups in total. The summed E-state index contributed by atoms with van der Waals surface area (Å²) in [6, 6.07) is 24.6. The molecular formula is C24H22N4O2. The summed E-state index contributed by atoms with van der Waals surface area (Å²) in [6.45, 7) is 2.17. The Kier molecular flexibility index (Phi) is 3.86. The van der Waals surface area contributed by atoms with Crippen LogP contribution < -0.4 is 5.73 Å². The molecule has 1 saturated heterocycles. The van der Waals surface area contributed by atoms with Crippen LogP contribution in [-0.2, 0) is 22.3 Å². The highest BCUT2D eigenvalue weighted by atomic mass is 16.8. The third kappa shape index (κ3) is 1.96. The molecule has 2 aromatic rings. The lowest BCUT2D eigenvalue weighted by Crippen LogP contribution is -2.43. The molecule has 150 valence electrons. The van der Waals surface area contributed by atoms with Gasteiger partial charge in [0.1, 0.15) is 11.3 Å². The number of nitrogens with two attached hydrogens (primary N) is 1. The first-order valence-electron chi connectivity index (χ1n) is 10.1. The number of fused-ring (bicyclic) bond motifs is 2. The summed E-state index contributed by atoms with van der Waals surface area (Å²) >= 11 is 0. The minimum Gasteiger partial charge on any atom is -0.386 e. The van der Waals surface area contributed by atoms with Crippen molar-refractivity contribution in [1.29, 1.82) is 10.5 Å². The second kappa shape index (κ2) is 6.15. The van der Waals surface area contributed by atoms with Gasteiger partial charge in [0.05, 0.1) is 24.8 Å². The zero-order valence-corrected chi connectivity index (χ0v) is 16.7. The summed E-state index contributed by atoms with van der Waals surface area (Å²) < 4.78 is 12.1. The number of nitriles is 2. The zero-order chi connectivity index (χ0) is 21.0. The average molecular weight is 398 g/mol. The molecule has 0 bridgehead atoms. The number of rotatable bonds is 4. The summed E-state index contributed by atoms with van der Waals surface area (Å²) in [7, 11) is 0. The molecule has 3 aliphatic rings. The molecule has 0 amide bonds. The third-order valence-electron chi connectivity index (χ3n) is 6.97. The fourth-order valence-electron chi connectivity index (χ4n) is 5.81. The number of nitrogens with zero attached hydrogens (tertiary/aromatic N) is 3. The molecule has 0 aromatic heterocycles. The fourth-order valence-corrected chi connectivity index (χ4v) is 5.81. The molecule has 6 heteroatoms. The largest absolute Gasteiger partial charge is 0.386 e. The fraction of sp³-hybridized carbons (Fsp3) is 0.375. The number of benzene rings is 2. The molecular weight excluding hydrogens is 376 g/mol. The molecule has 4 atom stereocenters. The van der Waals surface area contributed by atoms with Crippen LogP contribution in [0.25, 0.3) is 0 Å². The first-order chi connectivity index (χ1) is 14.5. The molecule has 1 aliphatic carbocycles. The molecule has 2 aromatic carbocycles. The first-order valence-corrected chi connectivity index (χ1v) is 10.1. The van der Waals surface area contributed by atoms with Crippen LogP contribution in [0, 0.1) is 38.9 Å². The van der Waals surface area contributed by atoms with Gasteiger partial charge in [-0.3, -0.25) is 0 Å². The van der Waals surface area contributed by atoms with Gasteiger partial charge in [-0.25, -0.2) is 4.99 Å². The van der Waals surface area contributed by atoms with E-state index in [1.165, 1.54) is 0 Å². The molecule has 2 heterocycles. The topological polar surface area (TPSA) is 104 Å². The van der Waals surface area contributed by atoms with E-state index < -0.39 is 22.2 Å². The number of hydrogen-bond donors (Lipinski definition) is 1. The van der Waals surface area contributed by atoms with Crippen LogP contribution in [0.4, 0.5) is 0 Å². The predicted molar refractivity (Wildman–Crippen MR) is 110 cm³/mol. The molecule has 1 spiro atoms. The Hall–Kier alpha value is -3.19. The lowest BCUT2D eigenvalue weighted by Gasteiger charge is -2.32. The molecule has 30 heavy (non-hydrogen) atoms. The molecule has 1 saturated carbocycles. The van der Waals surface area contributed by atoms with Gasteiger partial charge in [0.2, 0.25) is 0 Å². The van der Waals surface area contributed by atoms with Gasteiger partial charge in [0.15, 0.2) is 5.41 Å².